The van der Waals surface area contributed by atoms with Gasteiger partial charge in [0.2, 0.25) is 0 Å². The average Bonchev–Trinajstić information content (AvgIpc) is 3.08. The van der Waals surface area contributed by atoms with Crippen molar-refractivity contribution in [3.8, 4) is 0 Å². The lowest BCUT2D eigenvalue weighted by Gasteiger charge is -2.10. The van der Waals surface area contributed by atoms with Crippen LogP contribution in [0, 0.1) is 13.8 Å². The van der Waals surface area contributed by atoms with Crippen LogP contribution in [0.25, 0.3) is 0 Å². The lowest BCUT2D eigenvalue weighted by Crippen LogP contribution is -2.27. The van der Waals surface area contributed by atoms with Gasteiger partial charge < -0.3 is 10.3 Å². The Balaban J connectivity index is 1.66. The van der Waals surface area contributed by atoms with Gasteiger partial charge in [0.25, 0.3) is 11.5 Å². The van der Waals surface area contributed by atoms with Crippen molar-refractivity contribution in [2.24, 2.45) is 0 Å². The molecule has 24 heavy (non-hydrogen) atoms. The van der Waals surface area contributed by atoms with Crippen LogP contribution in [-0.4, -0.2) is 22.4 Å². The Bertz CT molecular complexity index is 794. The summed E-state index contributed by atoms with van der Waals surface area (Å²) in [6, 6.07) is 9.67. The molecule has 0 radical (unpaired) electrons. The van der Waals surface area contributed by atoms with Gasteiger partial charge >= 0.3 is 0 Å². The molecule has 1 aromatic carbocycles. The lowest BCUT2D eigenvalue weighted by molar-refractivity contribution is 0.0950. The number of aryl methyl sites for hydroxylation is 2. The minimum Gasteiger partial charge on any atom is -0.348 e. The van der Waals surface area contributed by atoms with Gasteiger partial charge in [-0.2, -0.15) is 0 Å². The molecule has 0 saturated carbocycles. The Kier molecular flexibility index (Phi) is 5.36. The van der Waals surface area contributed by atoms with E-state index in [-0.39, 0.29) is 18.0 Å². The third kappa shape index (κ3) is 3.87. The largest absolute Gasteiger partial charge is 0.348 e. The quantitative estimate of drug-likeness (QED) is 0.877. The number of H-pyrrole nitrogens is 1. The molecule has 0 spiro atoms. The Morgan fingerprint density at radius 1 is 1.21 bits per heavy atom. The molecule has 4 nitrogen and oxygen atoms in total. The molecular formula is C18H20N2O2S2. The van der Waals surface area contributed by atoms with Crippen LogP contribution in [-0.2, 0) is 6.54 Å². The molecule has 3 rings (SSSR count). The highest BCUT2D eigenvalue weighted by atomic mass is 32.2. The molecule has 0 unspecified atom stereocenters. The first-order chi connectivity index (χ1) is 11.5. The van der Waals surface area contributed by atoms with E-state index in [1.807, 2.05) is 67.7 Å². The van der Waals surface area contributed by atoms with Crippen LogP contribution >= 0.6 is 23.5 Å². The van der Waals surface area contributed by atoms with Crippen LogP contribution in [0.1, 0.15) is 37.3 Å². The zero-order chi connectivity index (χ0) is 17.1. The molecule has 1 amide bonds. The fraction of sp³-hybridized carbons (Fsp3) is 0.333. The molecule has 6 heteroatoms. The first-order valence-corrected chi connectivity index (χ1v) is 9.95. The number of amides is 1. The molecule has 2 heterocycles. The van der Waals surface area contributed by atoms with E-state index in [1.165, 1.54) is 17.1 Å². The van der Waals surface area contributed by atoms with Gasteiger partial charge in [0.15, 0.2) is 0 Å². The summed E-state index contributed by atoms with van der Waals surface area (Å²) >= 11 is 3.89. The van der Waals surface area contributed by atoms with Gasteiger partial charge in [-0.15, -0.1) is 23.5 Å². The number of carbonyl (C=O) groups is 1. The van der Waals surface area contributed by atoms with E-state index in [1.54, 1.807) is 0 Å². The highest BCUT2D eigenvalue weighted by Gasteiger charge is 2.18. The number of hydrogen-bond donors (Lipinski definition) is 2. The Hall–Kier alpha value is -1.66. The monoisotopic (exact) mass is 360 g/mol. The molecule has 2 aromatic rings. The number of aromatic amines is 1. The maximum absolute atomic E-state index is 12.3. The molecule has 2 N–H and O–H groups in total. The zero-order valence-electron chi connectivity index (χ0n) is 13.7. The highest BCUT2D eigenvalue weighted by molar-refractivity contribution is 8.19. The molecule has 0 aliphatic carbocycles. The number of pyridine rings is 1. The lowest BCUT2D eigenvalue weighted by atomic mass is 10.1. The van der Waals surface area contributed by atoms with Crippen molar-refractivity contribution >= 4 is 29.4 Å². The summed E-state index contributed by atoms with van der Waals surface area (Å²) < 4.78 is 0.482. The smallest absolute Gasteiger partial charge is 0.253 e. The van der Waals surface area contributed by atoms with Crippen LogP contribution in [0.5, 0.6) is 0 Å². The fourth-order valence-corrected chi connectivity index (χ4v) is 5.57. The predicted octanol–water partition coefficient (Wildman–Crippen LogP) is 3.40. The summed E-state index contributed by atoms with van der Waals surface area (Å²) in [7, 11) is 0. The van der Waals surface area contributed by atoms with Crippen molar-refractivity contribution in [2.75, 3.05) is 11.5 Å². The second kappa shape index (κ2) is 7.49. The number of aromatic nitrogens is 1. The standard InChI is InChI=1S/C18H20N2O2S2/c1-11-9-12(2)20-17(22)15(11)10-19-16(21)13-3-5-14(6-4-13)18-23-7-8-24-18/h3-6,9,18H,7-8,10H2,1-2H3,(H,19,21)(H,20,22). The van der Waals surface area contributed by atoms with E-state index in [9.17, 15) is 9.59 Å². The Morgan fingerprint density at radius 3 is 2.50 bits per heavy atom. The maximum atomic E-state index is 12.3. The summed E-state index contributed by atoms with van der Waals surface area (Å²) in [5, 5.41) is 2.84. The van der Waals surface area contributed by atoms with Gasteiger partial charge in [0.05, 0.1) is 4.58 Å². The number of hydrogen-bond acceptors (Lipinski definition) is 4. The van der Waals surface area contributed by atoms with Crippen molar-refractivity contribution < 1.29 is 4.79 Å². The van der Waals surface area contributed by atoms with Crippen LogP contribution in [0.15, 0.2) is 35.1 Å². The first kappa shape index (κ1) is 17.2. The van der Waals surface area contributed by atoms with Gasteiger partial charge in [-0.1, -0.05) is 12.1 Å². The number of rotatable bonds is 4. The van der Waals surface area contributed by atoms with Crippen molar-refractivity contribution in [2.45, 2.75) is 25.0 Å². The van der Waals surface area contributed by atoms with Crippen molar-refractivity contribution in [3.63, 3.8) is 0 Å². The Morgan fingerprint density at radius 2 is 1.88 bits per heavy atom. The summed E-state index contributed by atoms with van der Waals surface area (Å²) in [6.45, 7) is 3.96. The van der Waals surface area contributed by atoms with Gasteiger partial charge in [-0.25, -0.2) is 0 Å². The summed E-state index contributed by atoms with van der Waals surface area (Å²) in [5.74, 6) is 2.21. The van der Waals surface area contributed by atoms with E-state index in [4.69, 9.17) is 0 Å². The average molecular weight is 361 g/mol. The number of nitrogens with one attached hydrogen (secondary N) is 2. The van der Waals surface area contributed by atoms with Crippen LogP contribution in [0.2, 0.25) is 0 Å². The highest BCUT2D eigenvalue weighted by Crippen LogP contribution is 2.45. The van der Waals surface area contributed by atoms with E-state index in [0.717, 1.165) is 11.3 Å². The third-order valence-corrected chi connectivity index (χ3v) is 7.09. The fourth-order valence-electron chi connectivity index (χ4n) is 2.71. The van der Waals surface area contributed by atoms with Gasteiger partial charge in [-0.3, -0.25) is 9.59 Å². The second-order valence-electron chi connectivity index (χ2n) is 5.82. The maximum Gasteiger partial charge on any atom is 0.253 e. The van der Waals surface area contributed by atoms with Gasteiger partial charge in [-0.05, 0) is 43.2 Å². The van der Waals surface area contributed by atoms with Gasteiger partial charge in [0.1, 0.15) is 0 Å². The Labute approximate surface area is 149 Å². The van der Waals surface area contributed by atoms with E-state index in [0.29, 0.717) is 15.7 Å². The normalized spacial score (nSPS) is 14.8. The van der Waals surface area contributed by atoms with Crippen molar-refractivity contribution in [1.29, 1.82) is 0 Å². The molecule has 0 bridgehead atoms. The first-order valence-electron chi connectivity index (χ1n) is 7.85. The molecule has 1 aromatic heterocycles. The van der Waals surface area contributed by atoms with E-state index < -0.39 is 0 Å². The molecule has 1 fully saturated rings. The number of benzene rings is 1. The van der Waals surface area contributed by atoms with Gasteiger partial charge in [0, 0.05) is 34.9 Å². The second-order valence-corrected chi connectivity index (χ2v) is 8.55. The molecule has 126 valence electrons. The predicted molar refractivity (Wildman–Crippen MR) is 102 cm³/mol. The molecule has 1 aliphatic heterocycles. The summed E-state index contributed by atoms with van der Waals surface area (Å²) in [4.78, 5) is 27.1. The van der Waals surface area contributed by atoms with E-state index in [2.05, 4.69) is 10.3 Å². The molecule has 1 saturated heterocycles. The van der Waals surface area contributed by atoms with Crippen molar-refractivity contribution in [1.82, 2.24) is 10.3 Å². The molecule has 1 aliphatic rings. The van der Waals surface area contributed by atoms with Crippen LogP contribution in [0.4, 0.5) is 0 Å². The van der Waals surface area contributed by atoms with Crippen LogP contribution < -0.4 is 10.9 Å². The zero-order valence-corrected chi connectivity index (χ0v) is 15.4. The van der Waals surface area contributed by atoms with E-state index >= 15 is 0 Å². The van der Waals surface area contributed by atoms with Crippen molar-refractivity contribution in [3.05, 3.63) is 68.6 Å². The molecule has 0 atom stereocenters. The minimum atomic E-state index is -0.160. The summed E-state index contributed by atoms with van der Waals surface area (Å²) in [6.07, 6.45) is 0. The minimum absolute atomic E-state index is 0.140. The third-order valence-electron chi connectivity index (χ3n) is 3.99. The van der Waals surface area contributed by atoms with Crippen LogP contribution in [0.3, 0.4) is 0 Å². The molecular weight excluding hydrogens is 340 g/mol. The SMILES string of the molecule is Cc1cc(C)c(CNC(=O)c2ccc(C3SCCS3)cc2)c(=O)[nH]1. The number of thioether (sulfide) groups is 2. The summed E-state index contributed by atoms with van der Waals surface area (Å²) in [5.41, 5.74) is 4.05. The number of carbonyl (C=O) groups excluding carboxylic acids is 1. The topological polar surface area (TPSA) is 62.0 Å².